The van der Waals surface area contributed by atoms with Crippen LogP contribution in [0.15, 0.2) is 0 Å². The van der Waals surface area contributed by atoms with E-state index in [1.807, 2.05) is 0 Å². The van der Waals surface area contributed by atoms with Crippen LogP contribution in [0.25, 0.3) is 0 Å². The molecule has 0 aromatic carbocycles. The molecule has 1 atom stereocenters. The van der Waals surface area contributed by atoms with Crippen molar-refractivity contribution in [1.29, 1.82) is 0 Å². The summed E-state index contributed by atoms with van der Waals surface area (Å²) in [6.45, 7) is 5.00. The Morgan fingerprint density at radius 2 is 2.00 bits per heavy atom. The molecule has 1 nitrogen and oxygen atoms in total. The van der Waals surface area contributed by atoms with E-state index in [1.165, 1.54) is 0 Å². The standard InChI is InChI=1S/C11H20F3N/c1-9(2)8-10(4-3-7-15-10)5-6-11(12,13)14/h9,15H,3-8H2,1-2H3. The lowest BCUT2D eigenvalue weighted by molar-refractivity contribution is -0.139. The molecule has 0 aromatic rings. The van der Waals surface area contributed by atoms with Gasteiger partial charge < -0.3 is 5.32 Å². The Balaban J connectivity index is 2.50. The van der Waals surface area contributed by atoms with Gasteiger partial charge in [0.25, 0.3) is 0 Å². The monoisotopic (exact) mass is 223 g/mol. The van der Waals surface area contributed by atoms with Crippen molar-refractivity contribution in [2.75, 3.05) is 6.54 Å². The first-order chi connectivity index (χ1) is 6.83. The molecule has 0 amide bonds. The molecule has 1 N–H and O–H groups in total. The predicted molar refractivity (Wildman–Crippen MR) is 54.7 cm³/mol. The zero-order chi connectivity index (χ0) is 11.5. The van der Waals surface area contributed by atoms with E-state index in [1.54, 1.807) is 0 Å². The molecule has 1 saturated heterocycles. The zero-order valence-electron chi connectivity index (χ0n) is 9.45. The van der Waals surface area contributed by atoms with Crippen molar-refractivity contribution in [2.24, 2.45) is 5.92 Å². The highest BCUT2D eigenvalue weighted by molar-refractivity contribution is 4.93. The van der Waals surface area contributed by atoms with Gasteiger partial charge in [-0.25, -0.2) is 0 Å². The van der Waals surface area contributed by atoms with Gasteiger partial charge in [0.2, 0.25) is 0 Å². The van der Waals surface area contributed by atoms with Gasteiger partial charge in [0.05, 0.1) is 0 Å². The summed E-state index contributed by atoms with van der Waals surface area (Å²) in [6, 6.07) is 0. The summed E-state index contributed by atoms with van der Waals surface area (Å²) in [5.41, 5.74) is -0.246. The average Bonchev–Trinajstić information content (AvgIpc) is 2.48. The number of hydrogen-bond acceptors (Lipinski definition) is 1. The maximum absolute atomic E-state index is 12.2. The SMILES string of the molecule is CC(C)CC1(CCC(F)(F)F)CCCN1. The molecule has 0 aliphatic carbocycles. The quantitative estimate of drug-likeness (QED) is 0.769. The molecule has 1 aliphatic rings. The molecular formula is C11H20F3N. The van der Waals surface area contributed by atoms with Gasteiger partial charge in [-0.05, 0) is 38.1 Å². The maximum atomic E-state index is 12.2. The lowest BCUT2D eigenvalue weighted by atomic mass is 9.83. The third-order valence-corrected chi connectivity index (χ3v) is 3.02. The summed E-state index contributed by atoms with van der Waals surface area (Å²) < 4.78 is 36.6. The third-order valence-electron chi connectivity index (χ3n) is 3.02. The Labute approximate surface area is 89.4 Å². The third kappa shape index (κ3) is 4.41. The minimum atomic E-state index is -4.02. The second-order valence-corrected chi connectivity index (χ2v) is 5.02. The summed E-state index contributed by atoms with van der Waals surface area (Å²) >= 11 is 0. The van der Waals surface area contributed by atoms with Gasteiger partial charge in [-0.3, -0.25) is 0 Å². The molecule has 0 aromatic heterocycles. The topological polar surface area (TPSA) is 12.0 Å². The Hall–Kier alpha value is -0.250. The fraction of sp³-hybridized carbons (Fsp3) is 1.00. The summed E-state index contributed by atoms with van der Waals surface area (Å²) in [6.07, 6.45) is -1.70. The lowest BCUT2D eigenvalue weighted by Gasteiger charge is -2.32. The highest BCUT2D eigenvalue weighted by Crippen LogP contribution is 2.34. The Kier molecular flexibility index (Phi) is 4.04. The van der Waals surface area contributed by atoms with Crippen LogP contribution in [0.2, 0.25) is 0 Å². The molecule has 1 rings (SSSR count). The Bertz CT molecular complexity index is 192. The molecule has 1 aliphatic heterocycles. The molecule has 1 unspecified atom stereocenters. The number of rotatable bonds is 4. The van der Waals surface area contributed by atoms with Crippen molar-refractivity contribution in [3.63, 3.8) is 0 Å². The van der Waals surface area contributed by atoms with Gasteiger partial charge in [-0.15, -0.1) is 0 Å². The number of nitrogens with one attached hydrogen (secondary N) is 1. The summed E-state index contributed by atoms with van der Waals surface area (Å²) in [4.78, 5) is 0. The van der Waals surface area contributed by atoms with E-state index in [9.17, 15) is 13.2 Å². The van der Waals surface area contributed by atoms with Crippen LogP contribution in [0.3, 0.4) is 0 Å². The van der Waals surface area contributed by atoms with Crippen molar-refractivity contribution in [2.45, 2.75) is 57.7 Å². The number of halogens is 3. The molecule has 0 spiro atoms. The maximum Gasteiger partial charge on any atom is 0.389 e. The molecule has 0 radical (unpaired) electrons. The van der Waals surface area contributed by atoms with Crippen molar-refractivity contribution in [3.05, 3.63) is 0 Å². The van der Waals surface area contributed by atoms with Gasteiger partial charge >= 0.3 is 6.18 Å². The largest absolute Gasteiger partial charge is 0.389 e. The van der Waals surface area contributed by atoms with Gasteiger partial charge in [0.1, 0.15) is 0 Å². The predicted octanol–water partition coefficient (Wildman–Crippen LogP) is 3.50. The van der Waals surface area contributed by atoms with Crippen LogP contribution in [0, 0.1) is 5.92 Å². The second kappa shape index (κ2) is 4.73. The molecule has 15 heavy (non-hydrogen) atoms. The summed E-state index contributed by atoms with van der Waals surface area (Å²) in [5, 5.41) is 3.27. The fourth-order valence-corrected chi connectivity index (χ4v) is 2.52. The van der Waals surface area contributed by atoms with E-state index in [0.717, 1.165) is 25.8 Å². The van der Waals surface area contributed by atoms with Gasteiger partial charge in [0, 0.05) is 12.0 Å². The molecule has 1 fully saturated rings. The summed E-state index contributed by atoms with van der Waals surface area (Å²) in [7, 11) is 0. The van der Waals surface area contributed by atoms with Crippen LogP contribution in [0.4, 0.5) is 13.2 Å². The molecule has 0 saturated carbocycles. The smallest absolute Gasteiger partial charge is 0.311 e. The fourth-order valence-electron chi connectivity index (χ4n) is 2.52. The minimum absolute atomic E-state index is 0.231. The normalized spacial score (nSPS) is 27.6. The van der Waals surface area contributed by atoms with E-state index in [0.29, 0.717) is 5.92 Å². The molecule has 4 heteroatoms. The van der Waals surface area contributed by atoms with Crippen LogP contribution >= 0.6 is 0 Å². The van der Waals surface area contributed by atoms with Crippen molar-refractivity contribution >= 4 is 0 Å². The van der Waals surface area contributed by atoms with E-state index in [4.69, 9.17) is 0 Å². The Morgan fingerprint density at radius 3 is 2.40 bits per heavy atom. The van der Waals surface area contributed by atoms with Crippen molar-refractivity contribution < 1.29 is 13.2 Å². The first-order valence-electron chi connectivity index (χ1n) is 5.65. The van der Waals surface area contributed by atoms with Gasteiger partial charge in [-0.2, -0.15) is 13.2 Å². The van der Waals surface area contributed by atoms with Crippen molar-refractivity contribution in [1.82, 2.24) is 5.32 Å². The molecule has 90 valence electrons. The molecular weight excluding hydrogens is 203 g/mol. The highest BCUT2D eigenvalue weighted by Gasteiger charge is 2.38. The zero-order valence-corrected chi connectivity index (χ0v) is 9.45. The molecule has 1 heterocycles. The average molecular weight is 223 g/mol. The van der Waals surface area contributed by atoms with Crippen LogP contribution in [-0.4, -0.2) is 18.3 Å². The van der Waals surface area contributed by atoms with Crippen LogP contribution < -0.4 is 5.32 Å². The van der Waals surface area contributed by atoms with E-state index in [2.05, 4.69) is 19.2 Å². The first kappa shape index (κ1) is 12.8. The van der Waals surface area contributed by atoms with Gasteiger partial charge in [0.15, 0.2) is 0 Å². The lowest BCUT2D eigenvalue weighted by Crippen LogP contribution is -2.41. The van der Waals surface area contributed by atoms with E-state index in [-0.39, 0.29) is 12.0 Å². The first-order valence-corrected chi connectivity index (χ1v) is 5.65. The Morgan fingerprint density at radius 1 is 1.33 bits per heavy atom. The second-order valence-electron chi connectivity index (χ2n) is 5.02. The summed E-state index contributed by atoms with van der Waals surface area (Å²) in [5.74, 6) is 0.448. The minimum Gasteiger partial charge on any atom is -0.311 e. The highest BCUT2D eigenvalue weighted by atomic mass is 19.4. The number of alkyl halides is 3. The van der Waals surface area contributed by atoms with Crippen molar-refractivity contribution in [3.8, 4) is 0 Å². The molecule has 0 bridgehead atoms. The van der Waals surface area contributed by atoms with E-state index < -0.39 is 12.6 Å². The van der Waals surface area contributed by atoms with Crippen LogP contribution in [0.5, 0.6) is 0 Å². The van der Waals surface area contributed by atoms with Crippen LogP contribution in [-0.2, 0) is 0 Å². The number of hydrogen-bond donors (Lipinski definition) is 1. The van der Waals surface area contributed by atoms with Gasteiger partial charge in [-0.1, -0.05) is 13.8 Å². The van der Waals surface area contributed by atoms with E-state index >= 15 is 0 Å². The van der Waals surface area contributed by atoms with Crippen LogP contribution in [0.1, 0.15) is 46.0 Å².